The molecule has 0 aliphatic carbocycles. The van der Waals surface area contributed by atoms with Crippen LogP contribution >= 0.6 is 23.7 Å². The number of anilines is 2. The molecule has 0 spiro atoms. The minimum atomic E-state index is -0.405. The Labute approximate surface area is 254 Å². The quantitative estimate of drug-likeness (QED) is 0.241. The fourth-order valence-corrected chi connectivity index (χ4v) is 5.90. The molecule has 6 rings (SSSR count). The first-order valence-electron chi connectivity index (χ1n) is 13.8. The molecular formula is C30H34ClN7O3S. The summed E-state index contributed by atoms with van der Waals surface area (Å²) in [7, 11) is 0. The van der Waals surface area contributed by atoms with E-state index in [9.17, 15) is 9.59 Å². The topological polar surface area (TPSA) is 108 Å². The fraction of sp³-hybridized carbons (Fsp3) is 0.333. The molecule has 3 aromatic heterocycles. The van der Waals surface area contributed by atoms with Gasteiger partial charge in [0.2, 0.25) is 0 Å². The Bertz CT molecular complexity index is 1730. The maximum Gasteiger partial charge on any atom is 0.324 e. The highest BCUT2D eigenvalue weighted by Gasteiger charge is 2.23. The second-order valence-electron chi connectivity index (χ2n) is 11.3. The smallest absolute Gasteiger partial charge is 0.324 e. The van der Waals surface area contributed by atoms with Gasteiger partial charge in [-0.1, -0.05) is 56.3 Å². The average Bonchev–Trinajstić information content (AvgIpc) is 3.68. The van der Waals surface area contributed by atoms with Gasteiger partial charge in [0, 0.05) is 60.7 Å². The summed E-state index contributed by atoms with van der Waals surface area (Å²) in [5, 5.41) is 9.44. The van der Waals surface area contributed by atoms with Gasteiger partial charge in [-0.3, -0.25) is 14.5 Å². The third kappa shape index (κ3) is 5.99. The van der Waals surface area contributed by atoms with Crippen molar-refractivity contribution in [3.05, 3.63) is 66.1 Å². The monoisotopic (exact) mass is 607 g/mol. The molecule has 2 aromatic carbocycles. The van der Waals surface area contributed by atoms with Crippen LogP contribution in [0.25, 0.3) is 26.4 Å². The average molecular weight is 608 g/mol. The number of hydrogen-bond donors (Lipinski definition) is 2. The molecule has 1 aliphatic rings. The van der Waals surface area contributed by atoms with Crippen molar-refractivity contribution in [3.63, 3.8) is 0 Å². The number of likely N-dealkylation sites (N-methyl/N-ethyl adjacent to an activating group) is 1. The van der Waals surface area contributed by atoms with E-state index in [1.807, 2.05) is 78.7 Å². The van der Waals surface area contributed by atoms with E-state index >= 15 is 0 Å². The first-order valence-corrected chi connectivity index (χ1v) is 14.6. The normalized spacial score (nSPS) is 14.2. The van der Waals surface area contributed by atoms with E-state index in [0.717, 1.165) is 59.2 Å². The number of aromatic nitrogens is 3. The molecule has 3 amide bonds. The van der Waals surface area contributed by atoms with Crippen molar-refractivity contribution >= 4 is 62.4 Å². The number of carbonyl (C=O) groups excluding carboxylic acids is 2. The van der Waals surface area contributed by atoms with Crippen LogP contribution in [0.15, 0.2) is 59.3 Å². The number of halogens is 1. The maximum absolute atomic E-state index is 13.2. The van der Waals surface area contributed by atoms with Crippen LogP contribution in [0.4, 0.5) is 16.3 Å². The molecule has 0 atom stereocenters. The van der Waals surface area contributed by atoms with Gasteiger partial charge in [-0.25, -0.2) is 9.78 Å². The molecule has 1 fully saturated rings. The van der Waals surface area contributed by atoms with Gasteiger partial charge in [0.05, 0.1) is 15.9 Å². The highest BCUT2D eigenvalue weighted by molar-refractivity contribution is 7.23. The molecule has 4 heterocycles. The second kappa shape index (κ2) is 11.7. The zero-order valence-electron chi connectivity index (χ0n) is 24.0. The number of nitrogens with zero attached hydrogens (tertiary/aromatic N) is 5. The van der Waals surface area contributed by atoms with Crippen molar-refractivity contribution in [2.75, 3.05) is 43.4 Å². The molecule has 1 aliphatic heterocycles. The van der Waals surface area contributed by atoms with Gasteiger partial charge < -0.3 is 19.6 Å². The first-order chi connectivity index (χ1) is 19.7. The van der Waals surface area contributed by atoms with E-state index in [-0.39, 0.29) is 23.7 Å². The Kier molecular flexibility index (Phi) is 8.27. The highest BCUT2D eigenvalue weighted by atomic mass is 35.5. The number of nitrogens with one attached hydrogen (secondary N) is 2. The SMILES string of the molecule is CCN1CCN(C(=O)c2ccc3sc4nc(-c5ccc(NC(=O)Nc6cc(C(C)(C)C)on6)cc5)cn4c3c2)CC1.Cl. The summed E-state index contributed by atoms with van der Waals surface area (Å²) < 4.78 is 8.45. The summed E-state index contributed by atoms with van der Waals surface area (Å²) in [6.45, 7) is 12.5. The molecule has 5 aromatic rings. The third-order valence-corrected chi connectivity index (χ3v) is 8.41. The summed E-state index contributed by atoms with van der Waals surface area (Å²) in [4.78, 5) is 35.7. The number of carbonyl (C=O) groups is 2. The maximum atomic E-state index is 13.2. The lowest BCUT2D eigenvalue weighted by molar-refractivity contribution is 0.0643. The van der Waals surface area contributed by atoms with Crippen molar-refractivity contribution in [1.82, 2.24) is 24.3 Å². The lowest BCUT2D eigenvalue weighted by atomic mass is 9.93. The van der Waals surface area contributed by atoms with Gasteiger partial charge in [-0.05, 0) is 36.9 Å². The molecule has 10 nitrogen and oxygen atoms in total. The molecule has 2 N–H and O–H groups in total. The number of rotatable bonds is 5. The van der Waals surface area contributed by atoms with Crippen LogP contribution in [0.5, 0.6) is 0 Å². The number of hydrogen-bond acceptors (Lipinski definition) is 7. The molecule has 0 radical (unpaired) electrons. The van der Waals surface area contributed by atoms with E-state index in [0.29, 0.717) is 22.8 Å². The molecule has 12 heteroatoms. The molecule has 0 bridgehead atoms. The Morgan fingerprint density at radius 2 is 1.74 bits per heavy atom. The Morgan fingerprint density at radius 3 is 2.40 bits per heavy atom. The highest BCUT2D eigenvalue weighted by Crippen LogP contribution is 2.31. The van der Waals surface area contributed by atoms with Gasteiger partial charge in [0.1, 0.15) is 5.76 Å². The molecule has 42 heavy (non-hydrogen) atoms. The van der Waals surface area contributed by atoms with Gasteiger partial charge >= 0.3 is 6.03 Å². The van der Waals surface area contributed by atoms with Crippen LogP contribution < -0.4 is 10.6 Å². The lowest BCUT2D eigenvalue weighted by Gasteiger charge is -2.34. The van der Waals surface area contributed by atoms with E-state index in [1.54, 1.807) is 17.4 Å². The van der Waals surface area contributed by atoms with Crippen LogP contribution in [0, 0.1) is 0 Å². The molecular weight excluding hydrogens is 574 g/mol. The number of piperazine rings is 1. The van der Waals surface area contributed by atoms with Crippen LogP contribution in [0.1, 0.15) is 43.8 Å². The van der Waals surface area contributed by atoms with Crippen molar-refractivity contribution in [2.24, 2.45) is 0 Å². The minimum absolute atomic E-state index is 0. The van der Waals surface area contributed by atoms with Gasteiger partial charge in [0.15, 0.2) is 10.8 Å². The molecule has 1 saturated heterocycles. The molecule has 0 unspecified atom stereocenters. The van der Waals surface area contributed by atoms with E-state index in [2.05, 4.69) is 27.6 Å². The number of benzene rings is 2. The second-order valence-corrected chi connectivity index (χ2v) is 12.3. The summed E-state index contributed by atoms with van der Waals surface area (Å²) >= 11 is 1.59. The van der Waals surface area contributed by atoms with Crippen molar-refractivity contribution in [1.29, 1.82) is 0 Å². The number of amides is 3. The van der Waals surface area contributed by atoms with Crippen LogP contribution in [-0.2, 0) is 5.41 Å². The van der Waals surface area contributed by atoms with Crippen molar-refractivity contribution < 1.29 is 14.1 Å². The first kappa shape index (κ1) is 29.6. The van der Waals surface area contributed by atoms with Crippen LogP contribution in [0.3, 0.4) is 0 Å². The number of thiazole rings is 1. The lowest BCUT2D eigenvalue weighted by Crippen LogP contribution is -2.48. The number of fused-ring (bicyclic) bond motifs is 3. The Hall–Kier alpha value is -3.93. The van der Waals surface area contributed by atoms with Crippen LogP contribution in [0.2, 0.25) is 0 Å². The third-order valence-electron chi connectivity index (χ3n) is 7.38. The van der Waals surface area contributed by atoms with Gasteiger partial charge in [-0.15, -0.1) is 12.4 Å². The predicted molar refractivity (Wildman–Crippen MR) is 169 cm³/mol. The number of imidazole rings is 1. The van der Waals surface area contributed by atoms with E-state index < -0.39 is 6.03 Å². The number of urea groups is 1. The largest absolute Gasteiger partial charge is 0.359 e. The molecule has 220 valence electrons. The summed E-state index contributed by atoms with van der Waals surface area (Å²) in [5.74, 6) is 1.13. The van der Waals surface area contributed by atoms with Gasteiger partial charge in [0.25, 0.3) is 5.91 Å². The predicted octanol–water partition coefficient (Wildman–Crippen LogP) is 6.35. The molecule has 0 saturated carbocycles. The van der Waals surface area contributed by atoms with Crippen LogP contribution in [-0.4, -0.2) is 69.0 Å². The Balaban J connectivity index is 0.00000353. The van der Waals surface area contributed by atoms with Gasteiger partial charge in [-0.2, -0.15) is 0 Å². The summed E-state index contributed by atoms with van der Waals surface area (Å²) in [5.41, 5.74) is 3.86. The van der Waals surface area contributed by atoms with E-state index in [1.165, 1.54) is 0 Å². The van der Waals surface area contributed by atoms with Crippen molar-refractivity contribution in [3.8, 4) is 11.3 Å². The summed E-state index contributed by atoms with van der Waals surface area (Å²) in [6.07, 6.45) is 2.00. The minimum Gasteiger partial charge on any atom is -0.359 e. The zero-order valence-corrected chi connectivity index (χ0v) is 25.6. The van der Waals surface area contributed by atoms with E-state index in [4.69, 9.17) is 9.51 Å². The fourth-order valence-electron chi connectivity index (χ4n) is 4.91. The summed E-state index contributed by atoms with van der Waals surface area (Å²) in [6, 6.07) is 14.7. The standard InChI is InChI=1S/C30H33N7O3S.ClH/c1-5-35-12-14-36(15-13-35)27(38)20-8-11-24-23(16-20)37-18-22(32-29(37)41-24)19-6-9-21(10-7-19)31-28(39)33-26-17-25(40-34-26)30(2,3)4;/h6-11,16-18H,5,12-15H2,1-4H3,(H2,31,33,34,39);1H. The zero-order chi connectivity index (χ0) is 28.7. The van der Waals surface area contributed by atoms with Crippen molar-refractivity contribution in [2.45, 2.75) is 33.1 Å². The Morgan fingerprint density at radius 1 is 1.00 bits per heavy atom.